The molecule has 0 bridgehead atoms. The van der Waals surface area contributed by atoms with Gasteiger partial charge in [-0.2, -0.15) is 0 Å². The average Bonchev–Trinajstić information content (AvgIpc) is 1.78. The van der Waals surface area contributed by atoms with E-state index in [0.717, 1.165) is 104 Å². The van der Waals surface area contributed by atoms with Gasteiger partial charge in [-0.3, -0.25) is 13.7 Å². The fourth-order valence-corrected chi connectivity index (χ4v) is 15.0. The van der Waals surface area contributed by atoms with Gasteiger partial charge in [0, 0.05) is 33.8 Å². The zero-order valence-electron chi connectivity index (χ0n) is 54.8. The molecule has 462 valence electrons. The number of imidazole rings is 3. The zero-order chi connectivity index (χ0) is 64.4. The van der Waals surface area contributed by atoms with E-state index in [1.165, 1.54) is 61.2 Å². The van der Waals surface area contributed by atoms with E-state index in [2.05, 4.69) is 352 Å². The van der Waals surface area contributed by atoms with Gasteiger partial charge in [-0.05, 0) is 182 Å². The third-order valence-corrected chi connectivity index (χ3v) is 19.9. The molecular weight excluding hydrogens is 1150 g/mol. The monoisotopic (exact) mass is 1230 g/mol. The van der Waals surface area contributed by atoms with Crippen molar-refractivity contribution in [1.29, 1.82) is 0 Å². The van der Waals surface area contributed by atoms with Gasteiger partial charge in [-0.25, -0.2) is 15.0 Å². The highest BCUT2D eigenvalue weighted by Gasteiger charge is 2.36. The smallest absolute Gasteiger partial charge is 0.145 e. The van der Waals surface area contributed by atoms with Crippen LogP contribution in [0.25, 0.3) is 118 Å². The van der Waals surface area contributed by atoms with Gasteiger partial charge in [-0.15, -0.1) is 0 Å². The first kappa shape index (κ1) is 59.1. The summed E-state index contributed by atoms with van der Waals surface area (Å²) in [6.45, 7) is 14.0. The Morgan fingerprint density at radius 1 is 0.263 bits per heavy atom. The minimum atomic E-state index is -0.0680. The van der Waals surface area contributed by atoms with Crippen molar-refractivity contribution >= 4 is 33.1 Å². The number of fused-ring (bicyclic) bond motifs is 3. The van der Waals surface area contributed by atoms with Gasteiger partial charge in [-0.1, -0.05) is 266 Å². The van der Waals surface area contributed by atoms with E-state index >= 15 is 0 Å². The summed E-state index contributed by atoms with van der Waals surface area (Å²) in [5.41, 5.74) is 26.9. The number of benzene rings is 12. The van der Waals surface area contributed by atoms with Crippen molar-refractivity contribution in [2.24, 2.45) is 0 Å². The van der Waals surface area contributed by atoms with Gasteiger partial charge < -0.3 is 0 Å². The van der Waals surface area contributed by atoms with Crippen LogP contribution in [-0.2, 0) is 10.8 Å². The first-order valence-corrected chi connectivity index (χ1v) is 33.7. The molecule has 1 saturated carbocycles. The van der Waals surface area contributed by atoms with Crippen LogP contribution in [0.5, 0.6) is 0 Å². The Labute approximate surface area is 557 Å². The number of nitrogens with zero attached hydrogens (tertiary/aromatic N) is 6. The summed E-state index contributed by atoms with van der Waals surface area (Å²) >= 11 is 0. The largest absolute Gasteiger partial charge is 0.292 e. The van der Waals surface area contributed by atoms with Crippen LogP contribution < -0.4 is 0 Å². The van der Waals surface area contributed by atoms with Gasteiger partial charge in [0.25, 0.3) is 0 Å². The van der Waals surface area contributed by atoms with Crippen LogP contribution in [0.3, 0.4) is 0 Å². The highest BCUT2D eigenvalue weighted by Crippen LogP contribution is 2.54. The number of hydrogen-bond donors (Lipinski definition) is 0. The van der Waals surface area contributed by atoms with Gasteiger partial charge in [0.15, 0.2) is 0 Å². The highest BCUT2D eigenvalue weighted by molar-refractivity contribution is 5.87. The molecule has 0 amide bonds. The number of para-hydroxylation sites is 9. The van der Waals surface area contributed by atoms with Crippen molar-refractivity contribution in [2.75, 3.05) is 0 Å². The Kier molecular flexibility index (Phi) is 15.0. The Balaban J connectivity index is 0.825. The second-order valence-electron chi connectivity index (χ2n) is 28.0. The number of aromatic nitrogens is 6. The number of rotatable bonds is 12. The molecular formula is C89H76N6. The van der Waals surface area contributed by atoms with Crippen molar-refractivity contribution in [3.8, 4) is 84.6 Å². The summed E-state index contributed by atoms with van der Waals surface area (Å²) in [7, 11) is 0. The van der Waals surface area contributed by atoms with Crippen LogP contribution in [0, 0.1) is 0 Å². The Hall–Kier alpha value is -11.0. The fraction of sp³-hybridized carbons (Fsp3) is 0.157. The highest BCUT2D eigenvalue weighted by atomic mass is 15.1. The average molecular weight is 1230 g/mol. The third-order valence-electron chi connectivity index (χ3n) is 19.9. The molecule has 95 heavy (non-hydrogen) atoms. The summed E-state index contributed by atoms with van der Waals surface area (Å²) in [5.74, 6) is 3.45. The van der Waals surface area contributed by atoms with Crippen molar-refractivity contribution in [3.63, 3.8) is 0 Å². The van der Waals surface area contributed by atoms with Crippen LogP contribution in [-0.4, -0.2) is 28.7 Å². The van der Waals surface area contributed by atoms with Crippen LogP contribution in [0.2, 0.25) is 0 Å². The molecule has 0 aliphatic heterocycles. The van der Waals surface area contributed by atoms with E-state index in [1.54, 1.807) is 0 Å². The lowest BCUT2D eigenvalue weighted by molar-refractivity contribution is 0.352. The standard InChI is InChI=1S/C89H76N6/c1-88(2,3)68-50-52-75(77(57-68)60-40-46-63(47-41-60)86-91-80-33-19-22-36-83(80)94(86)71-26-12-8-13-27-71)66-54-65(74-31-17-16-30-73(74)59-38-44-62(45-39-59)85-90-79-32-18-21-35-82(79)93(85)70-24-10-7-11-25-70)55-67(56-66)76-53-51-69(89(4,5)6)58-78(76)61-42-48-64(49-43-61)87-92-81-34-20-23-37-84(81)95(87)72-28-14-9-15-29-72/h7-53,57-58,65-67H,54-56H2,1-6H3. The SMILES string of the molecule is CC(C)(C)c1ccc(C2CC(c3ccccc3-c3ccc(-c4nc5ccccc5n4-c4ccccc4)cc3)CC(c3ccc(C(C)(C)C)cc3-c3ccc(-c4nc5ccccc5n4-c4ccccc4)cc3)C2)c(-c2ccc(-c3nc4ccccc4n3-c3ccccc3)cc2)c1. The first-order valence-electron chi connectivity index (χ1n) is 33.7. The van der Waals surface area contributed by atoms with Crippen molar-refractivity contribution in [2.45, 2.75) is 89.4 Å². The summed E-state index contributed by atoms with van der Waals surface area (Å²) < 4.78 is 6.89. The molecule has 6 heteroatoms. The summed E-state index contributed by atoms with van der Waals surface area (Å²) in [5, 5.41) is 0. The third kappa shape index (κ3) is 11.2. The maximum Gasteiger partial charge on any atom is 0.145 e. The Bertz CT molecular complexity index is 5040. The molecule has 2 unspecified atom stereocenters. The Morgan fingerprint density at radius 3 is 0.874 bits per heavy atom. The minimum absolute atomic E-state index is 0.0680. The van der Waals surface area contributed by atoms with Gasteiger partial charge in [0.05, 0.1) is 33.1 Å². The molecule has 1 fully saturated rings. The zero-order valence-corrected chi connectivity index (χ0v) is 54.8. The second kappa shape index (κ2) is 24.2. The molecule has 1 aliphatic rings. The molecule has 0 spiro atoms. The quantitative estimate of drug-likeness (QED) is 0.122. The first-order chi connectivity index (χ1) is 46.4. The topological polar surface area (TPSA) is 53.5 Å². The molecule has 0 radical (unpaired) electrons. The molecule has 6 nitrogen and oxygen atoms in total. The molecule has 0 N–H and O–H groups in total. The van der Waals surface area contributed by atoms with Crippen LogP contribution in [0.4, 0.5) is 0 Å². The molecule has 3 aromatic heterocycles. The summed E-state index contributed by atoms with van der Waals surface area (Å²) in [6, 6.07) is 109. The van der Waals surface area contributed by atoms with Gasteiger partial charge in [0.2, 0.25) is 0 Å². The number of hydrogen-bond acceptors (Lipinski definition) is 3. The van der Waals surface area contributed by atoms with E-state index in [9.17, 15) is 0 Å². The van der Waals surface area contributed by atoms with E-state index in [1.807, 2.05) is 0 Å². The van der Waals surface area contributed by atoms with E-state index in [4.69, 9.17) is 15.0 Å². The molecule has 0 saturated heterocycles. The maximum absolute atomic E-state index is 5.29. The lowest BCUT2D eigenvalue weighted by Crippen LogP contribution is -2.22. The van der Waals surface area contributed by atoms with E-state index in [0.29, 0.717) is 0 Å². The summed E-state index contributed by atoms with van der Waals surface area (Å²) in [6.07, 6.45) is 3.00. The Morgan fingerprint density at radius 2 is 0.537 bits per heavy atom. The molecule has 3 heterocycles. The molecule has 15 aromatic rings. The predicted molar refractivity (Wildman–Crippen MR) is 395 cm³/mol. The maximum atomic E-state index is 5.29. The van der Waals surface area contributed by atoms with E-state index in [-0.39, 0.29) is 28.6 Å². The fourth-order valence-electron chi connectivity index (χ4n) is 15.0. The normalized spacial score (nSPS) is 15.2. The van der Waals surface area contributed by atoms with E-state index < -0.39 is 0 Å². The second-order valence-corrected chi connectivity index (χ2v) is 28.0. The van der Waals surface area contributed by atoms with Crippen molar-refractivity contribution < 1.29 is 0 Å². The van der Waals surface area contributed by atoms with Gasteiger partial charge in [0.1, 0.15) is 17.5 Å². The van der Waals surface area contributed by atoms with Crippen molar-refractivity contribution in [1.82, 2.24) is 28.7 Å². The van der Waals surface area contributed by atoms with Gasteiger partial charge >= 0.3 is 0 Å². The van der Waals surface area contributed by atoms with Crippen LogP contribution in [0.1, 0.15) is 106 Å². The summed E-state index contributed by atoms with van der Waals surface area (Å²) in [4.78, 5) is 15.8. The minimum Gasteiger partial charge on any atom is -0.292 e. The molecule has 16 rings (SSSR count). The predicted octanol–water partition coefficient (Wildman–Crippen LogP) is 23.1. The molecule has 1 aliphatic carbocycles. The van der Waals surface area contributed by atoms with Crippen LogP contribution in [0.15, 0.2) is 297 Å². The lowest BCUT2D eigenvalue weighted by Gasteiger charge is -2.39. The van der Waals surface area contributed by atoms with Crippen LogP contribution >= 0.6 is 0 Å². The lowest BCUT2D eigenvalue weighted by atomic mass is 9.65. The molecule has 2 atom stereocenters. The molecule has 12 aromatic carbocycles. The van der Waals surface area contributed by atoms with Crippen molar-refractivity contribution in [3.05, 3.63) is 325 Å².